The van der Waals surface area contributed by atoms with Gasteiger partial charge in [-0.05, 0) is 66.3 Å². The van der Waals surface area contributed by atoms with E-state index in [1.807, 2.05) is 27.7 Å². The van der Waals surface area contributed by atoms with Gasteiger partial charge in [0.2, 0.25) is 0 Å². The largest absolute Gasteiger partial charge is 0.466 e. The molecule has 1 saturated carbocycles. The van der Waals surface area contributed by atoms with Gasteiger partial charge in [0.1, 0.15) is 5.60 Å². The van der Waals surface area contributed by atoms with Gasteiger partial charge in [-0.1, -0.05) is 0 Å². The Hall–Kier alpha value is -1.30. The number of nitrogens with one attached hydrogen (secondary N) is 2. The van der Waals surface area contributed by atoms with Crippen LogP contribution in [0.5, 0.6) is 0 Å². The number of carbonyl (C=O) groups is 2. The molecule has 1 fully saturated rings. The summed E-state index contributed by atoms with van der Waals surface area (Å²) in [5, 5.41) is 6.43. The standard InChI is InChI=1S/C17H32N2O4/c1-5-22-15(20)10-7-11-18-13-8-6-9-14(12-13)19-16(21)23-17(2,3)4/h13-14,18H,5-12H2,1-4H3,(H,19,21). The number of amides is 1. The number of alkyl carbamates (subject to hydrolysis) is 1. The van der Waals surface area contributed by atoms with Crippen molar-refractivity contribution in [2.75, 3.05) is 13.2 Å². The summed E-state index contributed by atoms with van der Waals surface area (Å²) < 4.78 is 10.2. The first kappa shape index (κ1) is 19.7. The molecule has 23 heavy (non-hydrogen) atoms. The summed E-state index contributed by atoms with van der Waals surface area (Å²) in [6, 6.07) is 0.534. The van der Waals surface area contributed by atoms with Crippen molar-refractivity contribution in [2.45, 2.75) is 83.9 Å². The SMILES string of the molecule is CCOC(=O)CCCNC1CCCC(NC(=O)OC(C)(C)C)C1. The van der Waals surface area contributed by atoms with E-state index in [4.69, 9.17) is 9.47 Å². The first-order chi connectivity index (χ1) is 10.8. The molecule has 0 saturated heterocycles. The molecule has 0 aliphatic heterocycles. The molecule has 2 unspecified atom stereocenters. The van der Waals surface area contributed by atoms with E-state index >= 15 is 0 Å². The van der Waals surface area contributed by atoms with E-state index in [0.717, 1.165) is 38.6 Å². The van der Waals surface area contributed by atoms with Crippen molar-refractivity contribution in [2.24, 2.45) is 0 Å². The van der Waals surface area contributed by atoms with Crippen LogP contribution in [0.25, 0.3) is 0 Å². The zero-order chi connectivity index (χ0) is 17.3. The lowest BCUT2D eigenvalue weighted by Crippen LogP contribution is -2.45. The van der Waals surface area contributed by atoms with Crippen molar-refractivity contribution in [1.82, 2.24) is 10.6 Å². The van der Waals surface area contributed by atoms with Gasteiger partial charge < -0.3 is 20.1 Å². The first-order valence-corrected chi connectivity index (χ1v) is 8.68. The van der Waals surface area contributed by atoms with E-state index < -0.39 is 5.60 Å². The molecule has 6 heteroatoms. The van der Waals surface area contributed by atoms with Crippen molar-refractivity contribution in [3.05, 3.63) is 0 Å². The van der Waals surface area contributed by atoms with Gasteiger partial charge in [-0.15, -0.1) is 0 Å². The fraction of sp³-hybridized carbons (Fsp3) is 0.882. The third-order valence-corrected chi connectivity index (χ3v) is 3.69. The van der Waals surface area contributed by atoms with Gasteiger partial charge in [-0.2, -0.15) is 0 Å². The number of ether oxygens (including phenoxy) is 2. The molecular weight excluding hydrogens is 296 g/mol. The fourth-order valence-electron chi connectivity index (χ4n) is 2.75. The minimum Gasteiger partial charge on any atom is -0.466 e. The Morgan fingerprint density at radius 3 is 2.52 bits per heavy atom. The van der Waals surface area contributed by atoms with Crippen LogP contribution in [-0.2, 0) is 14.3 Å². The van der Waals surface area contributed by atoms with Crippen molar-refractivity contribution in [3.8, 4) is 0 Å². The highest BCUT2D eigenvalue weighted by Crippen LogP contribution is 2.19. The lowest BCUT2D eigenvalue weighted by Gasteiger charge is -2.31. The van der Waals surface area contributed by atoms with E-state index in [0.29, 0.717) is 19.1 Å². The van der Waals surface area contributed by atoms with Crippen LogP contribution in [0.15, 0.2) is 0 Å². The molecule has 6 nitrogen and oxygen atoms in total. The van der Waals surface area contributed by atoms with Gasteiger partial charge in [-0.3, -0.25) is 4.79 Å². The lowest BCUT2D eigenvalue weighted by molar-refractivity contribution is -0.143. The predicted molar refractivity (Wildman–Crippen MR) is 89.3 cm³/mol. The van der Waals surface area contributed by atoms with Crippen molar-refractivity contribution in [1.29, 1.82) is 0 Å². The van der Waals surface area contributed by atoms with Crippen LogP contribution >= 0.6 is 0 Å². The maximum Gasteiger partial charge on any atom is 0.407 e. The van der Waals surface area contributed by atoms with E-state index in [1.165, 1.54) is 0 Å². The van der Waals surface area contributed by atoms with Crippen molar-refractivity contribution >= 4 is 12.1 Å². The highest BCUT2D eigenvalue weighted by Gasteiger charge is 2.25. The molecule has 1 aliphatic carbocycles. The van der Waals surface area contributed by atoms with Gasteiger partial charge in [0.15, 0.2) is 0 Å². The second kappa shape index (κ2) is 9.75. The molecule has 0 aromatic carbocycles. The molecule has 1 aliphatic rings. The normalized spacial score (nSPS) is 21.6. The number of hydrogen-bond donors (Lipinski definition) is 2. The third-order valence-electron chi connectivity index (χ3n) is 3.69. The Labute approximate surface area is 139 Å². The molecule has 0 aromatic rings. The smallest absolute Gasteiger partial charge is 0.407 e. The third kappa shape index (κ3) is 9.43. The minimum atomic E-state index is -0.469. The molecule has 1 rings (SSSR count). The Morgan fingerprint density at radius 1 is 1.17 bits per heavy atom. The summed E-state index contributed by atoms with van der Waals surface area (Å²) in [5.41, 5.74) is -0.469. The molecule has 2 N–H and O–H groups in total. The minimum absolute atomic E-state index is 0.137. The number of rotatable bonds is 7. The summed E-state index contributed by atoms with van der Waals surface area (Å²) in [5.74, 6) is -0.137. The average molecular weight is 328 g/mol. The Bertz CT molecular complexity index is 379. The van der Waals surface area contributed by atoms with Crippen LogP contribution in [0, 0.1) is 0 Å². The Balaban J connectivity index is 2.21. The lowest BCUT2D eigenvalue weighted by atomic mass is 9.91. The molecule has 134 valence electrons. The quantitative estimate of drug-likeness (QED) is 0.555. The monoisotopic (exact) mass is 328 g/mol. The van der Waals surface area contributed by atoms with Crippen molar-refractivity contribution in [3.63, 3.8) is 0 Å². The predicted octanol–water partition coefficient (Wildman–Crippen LogP) is 2.76. The Morgan fingerprint density at radius 2 is 1.87 bits per heavy atom. The summed E-state index contributed by atoms with van der Waals surface area (Å²) in [6.45, 7) is 8.63. The number of esters is 1. The van der Waals surface area contributed by atoms with E-state index in [9.17, 15) is 9.59 Å². The fourth-order valence-corrected chi connectivity index (χ4v) is 2.75. The molecule has 0 spiro atoms. The molecule has 0 radical (unpaired) electrons. The number of hydrogen-bond acceptors (Lipinski definition) is 5. The Kier molecular flexibility index (Phi) is 8.37. The summed E-state index contributed by atoms with van der Waals surface area (Å²) in [6.07, 6.45) is 4.96. The van der Waals surface area contributed by atoms with Crippen LogP contribution in [-0.4, -0.2) is 42.9 Å². The van der Waals surface area contributed by atoms with Crippen LogP contribution in [0.3, 0.4) is 0 Å². The highest BCUT2D eigenvalue weighted by molar-refractivity contribution is 5.69. The second-order valence-corrected chi connectivity index (χ2v) is 7.07. The molecule has 1 amide bonds. The van der Waals surface area contributed by atoms with Crippen molar-refractivity contribution < 1.29 is 19.1 Å². The maximum absolute atomic E-state index is 11.8. The van der Waals surface area contributed by atoms with Crippen LogP contribution in [0.2, 0.25) is 0 Å². The summed E-state index contributed by atoms with van der Waals surface area (Å²) >= 11 is 0. The molecule has 0 heterocycles. The van der Waals surface area contributed by atoms with E-state index in [-0.39, 0.29) is 18.1 Å². The zero-order valence-electron chi connectivity index (χ0n) is 14.9. The van der Waals surface area contributed by atoms with Crippen LogP contribution in [0.1, 0.15) is 66.2 Å². The van der Waals surface area contributed by atoms with Gasteiger partial charge in [0, 0.05) is 18.5 Å². The van der Waals surface area contributed by atoms with Gasteiger partial charge in [0.25, 0.3) is 0 Å². The topological polar surface area (TPSA) is 76.7 Å². The molecule has 2 atom stereocenters. The van der Waals surface area contributed by atoms with E-state index in [1.54, 1.807) is 0 Å². The first-order valence-electron chi connectivity index (χ1n) is 8.68. The van der Waals surface area contributed by atoms with Crippen LogP contribution in [0.4, 0.5) is 4.79 Å². The molecule has 0 aromatic heterocycles. The molecular formula is C17H32N2O4. The second-order valence-electron chi connectivity index (χ2n) is 7.07. The van der Waals surface area contributed by atoms with Gasteiger partial charge >= 0.3 is 12.1 Å². The van der Waals surface area contributed by atoms with Gasteiger partial charge in [-0.25, -0.2) is 4.79 Å². The van der Waals surface area contributed by atoms with Crippen LogP contribution < -0.4 is 10.6 Å². The number of carbonyl (C=O) groups excluding carboxylic acids is 2. The van der Waals surface area contributed by atoms with Gasteiger partial charge in [0.05, 0.1) is 6.61 Å². The van der Waals surface area contributed by atoms with E-state index in [2.05, 4.69) is 10.6 Å². The summed E-state index contributed by atoms with van der Waals surface area (Å²) in [4.78, 5) is 23.1. The maximum atomic E-state index is 11.8. The zero-order valence-corrected chi connectivity index (χ0v) is 14.9. The average Bonchev–Trinajstić information content (AvgIpc) is 2.42. The highest BCUT2D eigenvalue weighted by atomic mass is 16.6. The summed E-state index contributed by atoms with van der Waals surface area (Å²) in [7, 11) is 0. The molecule has 0 bridgehead atoms.